The van der Waals surface area contributed by atoms with Crippen LogP contribution in [0.2, 0.25) is 0 Å². The molecule has 0 saturated heterocycles. The lowest BCUT2D eigenvalue weighted by Crippen LogP contribution is -2.40. The maximum atomic E-state index is 13.9. The van der Waals surface area contributed by atoms with Gasteiger partial charge in [-0.2, -0.15) is 0 Å². The summed E-state index contributed by atoms with van der Waals surface area (Å²) in [6, 6.07) is 13.1. The molecule has 126 valence electrons. The van der Waals surface area contributed by atoms with E-state index in [2.05, 4.69) is 31.6 Å². The number of nitrogens with zero attached hydrogens (tertiary/aromatic N) is 1. The van der Waals surface area contributed by atoms with Crippen molar-refractivity contribution in [2.24, 2.45) is 4.99 Å². The number of nitrogens with one attached hydrogen (secondary N) is 2. The molecule has 1 aliphatic heterocycles. The van der Waals surface area contributed by atoms with E-state index >= 15 is 0 Å². The van der Waals surface area contributed by atoms with E-state index in [0.717, 1.165) is 22.2 Å². The first-order valence-corrected chi connectivity index (χ1v) is 8.59. The maximum Gasteiger partial charge on any atom is 0.191 e. The van der Waals surface area contributed by atoms with Crippen molar-refractivity contribution in [1.29, 1.82) is 0 Å². The second kappa shape index (κ2) is 7.66. The third kappa shape index (κ3) is 3.87. The van der Waals surface area contributed by atoms with Gasteiger partial charge in [-0.3, -0.25) is 4.99 Å². The summed E-state index contributed by atoms with van der Waals surface area (Å²) in [5.41, 5.74) is 1.70. The normalized spacial score (nSPS) is 17.0. The van der Waals surface area contributed by atoms with E-state index in [-0.39, 0.29) is 11.9 Å². The van der Waals surface area contributed by atoms with Crippen LogP contribution in [-0.2, 0) is 6.54 Å². The van der Waals surface area contributed by atoms with Crippen LogP contribution in [0.5, 0.6) is 5.75 Å². The predicted molar refractivity (Wildman–Crippen MR) is 96.7 cm³/mol. The molecule has 24 heavy (non-hydrogen) atoms. The first kappa shape index (κ1) is 16.8. The summed E-state index contributed by atoms with van der Waals surface area (Å²) in [6.45, 7) is 1.02. The van der Waals surface area contributed by atoms with E-state index in [1.54, 1.807) is 13.1 Å². The second-order valence-electron chi connectivity index (χ2n) is 5.53. The van der Waals surface area contributed by atoms with Gasteiger partial charge < -0.3 is 15.4 Å². The molecule has 2 aromatic carbocycles. The molecular weight excluding hydrogens is 373 g/mol. The van der Waals surface area contributed by atoms with Gasteiger partial charge in [-0.15, -0.1) is 0 Å². The van der Waals surface area contributed by atoms with Gasteiger partial charge in [-0.25, -0.2) is 4.39 Å². The highest BCUT2D eigenvalue weighted by Crippen LogP contribution is 2.31. The molecule has 1 unspecified atom stereocenters. The molecule has 4 nitrogen and oxygen atoms in total. The standard InChI is InChI=1S/C18H19BrFN3O/c1-21-18(22-11-12-6-7-13(19)10-15(12)20)23-16-8-9-24-17-5-3-2-4-14(16)17/h2-7,10,16H,8-9,11H2,1H3,(H2,21,22,23). The van der Waals surface area contributed by atoms with Crippen LogP contribution in [0.15, 0.2) is 51.9 Å². The zero-order valence-corrected chi connectivity index (χ0v) is 14.9. The highest BCUT2D eigenvalue weighted by atomic mass is 79.9. The molecule has 0 aromatic heterocycles. The molecule has 3 rings (SSSR count). The van der Waals surface area contributed by atoms with Crippen molar-refractivity contribution < 1.29 is 9.13 Å². The lowest BCUT2D eigenvalue weighted by atomic mass is 10.0. The van der Waals surface area contributed by atoms with Gasteiger partial charge in [-0.05, 0) is 18.2 Å². The van der Waals surface area contributed by atoms with Gasteiger partial charge >= 0.3 is 0 Å². The van der Waals surface area contributed by atoms with Crippen LogP contribution in [0, 0.1) is 5.82 Å². The Kier molecular flexibility index (Phi) is 5.35. The Hall–Kier alpha value is -2.08. The number of benzene rings is 2. The molecule has 2 aromatic rings. The fraction of sp³-hybridized carbons (Fsp3) is 0.278. The number of para-hydroxylation sites is 1. The van der Waals surface area contributed by atoms with Gasteiger partial charge in [0.1, 0.15) is 11.6 Å². The average molecular weight is 392 g/mol. The number of ether oxygens (including phenoxy) is 1. The fourth-order valence-electron chi connectivity index (χ4n) is 2.70. The third-order valence-corrected chi connectivity index (χ3v) is 4.45. The van der Waals surface area contributed by atoms with E-state index in [9.17, 15) is 4.39 Å². The number of rotatable bonds is 3. The average Bonchev–Trinajstić information content (AvgIpc) is 2.60. The monoisotopic (exact) mass is 391 g/mol. The van der Waals surface area contributed by atoms with Crippen LogP contribution in [0.25, 0.3) is 0 Å². The number of fused-ring (bicyclic) bond motifs is 1. The van der Waals surface area contributed by atoms with Gasteiger partial charge in [-0.1, -0.05) is 40.2 Å². The summed E-state index contributed by atoms with van der Waals surface area (Å²) in [5, 5.41) is 6.56. The Labute approximate surface area is 149 Å². The van der Waals surface area contributed by atoms with Gasteiger partial charge in [0.2, 0.25) is 0 Å². The lowest BCUT2D eigenvalue weighted by Gasteiger charge is -2.28. The molecule has 0 bridgehead atoms. The number of guanidine groups is 1. The molecular formula is C18H19BrFN3O. The molecule has 0 saturated carbocycles. The molecule has 0 amide bonds. The zero-order chi connectivity index (χ0) is 16.9. The summed E-state index contributed by atoms with van der Waals surface area (Å²) in [7, 11) is 1.71. The second-order valence-corrected chi connectivity index (χ2v) is 6.45. The molecule has 1 heterocycles. The largest absolute Gasteiger partial charge is 0.493 e. The quantitative estimate of drug-likeness (QED) is 0.618. The van der Waals surface area contributed by atoms with Crippen molar-refractivity contribution in [3.05, 3.63) is 63.9 Å². The molecule has 1 atom stereocenters. The first-order chi connectivity index (χ1) is 11.7. The molecule has 0 radical (unpaired) electrons. The Morgan fingerprint density at radius 2 is 2.17 bits per heavy atom. The zero-order valence-electron chi connectivity index (χ0n) is 13.4. The van der Waals surface area contributed by atoms with Crippen LogP contribution >= 0.6 is 15.9 Å². The molecule has 0 fully saturated rings. The van der Waals surface area contributed by atoms with Crippen LogP contribution in [0.3, 0.4) is 0 Å². The Bertz CT molecular complexity index is 751. The van der Waals surface area contributed by atoms with Crippen LogP contribution in [-0.4, -0.2) is 19.6 Å². The SMILES string of the molecule is CN=C(NCc1ccc(Br)cc1F)NC1CCOc2ccccc21. The van der Waals surface area contributed by atoms with Crippen molar-refractivity contribution in [1.82, 2.24) is 10.6 Å². The molecule has 2 N–H and O–H groups in total. The highest BCUT2D eigenvalue weighted by molar-refractivity contribution is 9.10. The van der Waals surface area contributed by atoms with Crippen molar-refractivity contribution in [3.63, 3.8) is 0 Å². The van der Waals surface area contributed by atoms with Gasteiger partial charge in [0.15, 0.2) is 5.96 Å². The van der Waals surface area contributed by atoms with E-state index in [1.165, 1.54) is 6.07 Å². The Morgan fingerprint density at radius 1 is 1.33 bits per heavy atom. The number of hydrogen-bond acceptors (Lipinski definition) is 2. The van der Waals surface area contributed by atoms with E-state index < -0.39 is 0 Å². The van der Waals surface area contributed by atoms with E-state index in [0.29, 0.717) is 24.7 Å². The van der Waals surface area contributed by atoms with Crippen molar-refractivity contribution >= 4 is 21.9 Å². The molecule has 0 aliphatic carbocycles. The minimum atomic E-state index is -0.247. The van der Waals surface area contributed by atoms with Crippen LogP contribution < -0.4 is 15.4 Å². The van der Waals surface area contributed by atoms with Gasteiger partial charge in [0, 0.05) is 35.6 Å². The summed E-state index contributed by atoms with van der Waals surface area (Å²) in [5.74, 6) is 1.29. The van der Waals surface area contributed by atoms with E-state index in [1.807, 2.05) is 30.3 Å². The lowest BCUT2D eigenvalue weighted by molar-refractivity contribution is 0.261. The number of aliphatic imine (C=N–C) groups is 1. The first-order valence-electron chi connectivity index (χ1n) is 7.80. The van der Waals surface area contributed by atoms with Crippen LogP contribution in [0.1, 0.15) is 23.6 Å². The maximum absolute atomic E-state index is 13.9. The summed E-state index contributed by atoms with van der Waals surface area (Å²) in [4.78, 5) is 4.24. The number of hydrogen-bond donors (Lipinski definition) is 2. The summed E-state index contributed by atoms with van der Waals surface area (Å²) in [6.07, 6.45) is 0.852. The fourth-order valence-corrected chi connectivity index (χ4v) is 3.03. The van der Waals surface area contributed by atoms with Crippen molar-refractivity contribution in [2.75, 3.05) is 13.7 Å². The number of halogens is 2. The van der Waals surface area contributed by atoms with Crippen molar-refractivity contribution in [2.45, 2.75) is 19.0 Å². The minimum Gasteiger partial charge on any atom is -0.493 e. The molecule has 1 aliphatic rings. The van der Waals surface area contributed by atoms with Crippen LogP contribution in [0.4, 0.5) is 4.39 Å². The van der Waals surface area contributed by atoms with Crippen molar-refractivity contribution in [3.8, 4) is 5.75 Å². The van der Waals surface area contributed by atoms with Gasteiger partial charge in [0.25, 0.3) is 0 Å². The Morgan fingerprint density at radius 3 is 2.96 bits per heavy atom. The third-order valence-electron chi connectivity index (χ3n) is 3.95. The van der Waals surface area contributed by atoms with E-state index in [4.69, 9.17) is 4.74 Å². The summed E-state index contributed by atoms with van der Waals surface area (Å²) >= 11 is 3.26. The smallest absolute Gasteiger partial charge is 0.191 e. The topological polar surface area (TPSA) is 45.7 Å². The Balaban J connectivity index is 1.66. The molecule has 0 spiro atoms. The summed E-state index contributed by atoms with van der Waals surface area (Å²) < 4.78 is 20.3. The minimum absolute atomic E-state index is 0.121. The molecule has 6 heteroatoms. The predicted octanol–water partition coefficient (Wildman–Crippen LogP) is 3.78. The highest BCUT2D eigenvalue weighted by Gasteiger charge is 2.21. The van der Waals surface area contributed by atoms with Gasteiger partial charge in [0.05, 0.1) is 12.6 Å².